The molecule has 0 bridgehead atoms. The summed E-state index contributed by atoms with van der Waals surface area (Å²) in [6, 6.07) is 12.1. The van der Waals surface area contributed by atoms with Crippen LogP contribution in [0.4, 0.5) is 5.69 Å². The molecule has 0 fully saturated rings. The lowest BCUT2D eigenvalue weighted by Crippen LogP contribution is -2.26. The minimum absolute atomic E-state index is 0.0533. The average molecular weight is 370 g/mol. The highest BCUT2D eigenvalue weighted by Gasteiger charge is 2.14. The van der Waals surface area contributed by atoms with Gasteiger partial charge in [-0.2, -0.15) is 4.98 Å². The van der Waals surface area contributed by atoms with Gasteiger partial charge < -0.3 is 14.3 Å². The molecule has 0 aliphatic rings. The molecule has 0 unspecified atom stereocenters. The van der Waals surface area contributed by atoms with Crippen molar-refractivity contribution in [2.45, 2.75) is 19.4 Å². The van der Waals surface area contributed by atoms with E-state index < -0.39 is 0 Å². The van der Waals surface area contributed by atoms with Gasteiger partial charge in [0.05, 0.1) is 4.88 Å². The largest absolute Gasteiger partial charge is 0.378 e. The first-order chi connectivity index (χ1) is 12.5. The van der Waals surface area contributed by atoms with Gasteiger partial charge in [0.15, 0.2) is 0 Å². The molecule has 2 heterocycles. The van der Waals surface area contributed by atoms with E-state index in [1.54, 1.807) is 16.2 Å². The Balaban J connectivity index is 1.51. The van der Waals surface area contributed by atoms with Crippen LogP contribution in [0.25, 0.3) is 10.7 Å². The summed E-state index contributed by atoms with van der Waals surface area (Å²) in [5, 5.41) is 5.93. The van der Waals surface area contributed by atoms with E-state index >= 15 is 0 Å². The number of carbonyl (C=O) groups is 1. The number of amides is 1. The molecule has 0 saturated carbocycles. The van der Waals surface area contributed by atoms with Crippen LogP contribution in [0.5, 0.6) is 0 Å². The van der Waals surface area contributed by atoms with Gasteiger partial charge in [-0.1, -0.05) is 23.4 Å². The third-order valence-corrected chi connectivity index (χ3v) is 4.93. The maximum absolute atomic E-state index is 12.4. The highest BCUT2D eigenvalue weighted by atomic mass is 32.1. The number of benzene rings is 1. The van der Waals surface area contributed by atoms with Crippen LogP contribution in [0.1, 0.15) is 17.9 Å². The summed E-state index contributed by atoms with van der Waals surface area (Å²) in [6.45, 7) is 0.580. The van der Waals surface area contributed by atoms with Crippen LogP contribution in [-0.2, 0) is 17.8 Å². The van der Waals surface area contributed by atoms with Crippen molar-refractivity contribution in [3.05, 3.63) is 53.2 Å². The predicted molar refractivity (Wildman–Crippen MR) is 103 cm³/mol. The van der Waals surface area contributed by atoms with Gasteiger partial charge in [-0.05, 0) is 29.1 Å². The second-order valence-corrected chi connectivity index (χ2v) is 7.25. The van der Waals surface area contributed by atoms with E-state index in [4.69, 9.17) is 4.52 Å². The minimum Gasteiger partial charge on any atom is -0.378 e. The average Bonchev–Trinajstić information content (AvgIpc) is 3.31. The number of aryl methyl sites for hydroxylation is 1. The molecule has 0 N–H and O–H groups in total. The Morgan fingerprint density at radius 3 is 2.58 bits per heavy atom. The monoisotopic (exact) mass is 370 g/mol. The van der Waals surface area contributed by atoms with Crippen LogP contribution in [0.15, 0.2) is 46.3 Å². The predicted octanol–water partition coefficient (Wildman–Crippen LogP) is 3.46. The molecular weight excluding hydrogens is 348 g/mol. The highest BCUT2D eigenvalue weighted by Crippen LogP contribution is 2.21. The lowest BCUT2D eigenvalue weighted by Gasteiger charge is -2.18. The summed E-state index contributed by atoms with van der Waals surface area (Å²) in [7, 11) is 5.82. The van der Waals surface area contributed by atoms with Crippen molar-refractivity contribution in [1.82, 2.24) is 15.0 Å². The van der Waals surface area contributed by atoms with Gasteiger partial charge in [-0.3, -0.25) is 4.79 Å². The van der Waals surface area contributed by atoms with Crippen LogP contribution in [-0.4, -0.2) is 42.1 Å². The molecule has 3 rings (SSSR count). The molecule has 26 heavy (non-hydrogen) atoms. The summed E-state index contributed by atoms with van der Waals surface area (Å²) in [6.07, 6.45) is 0.791. The zero-order valence-electron chi connectivity index (χ0n) is 15.2. The van der Waals surface area contributed by atoms with Gasteiger partial charge in [0.25, 0.3) is 0 Å². The number of thiophene rings is 1. The van der Waals surface area contributed by atoms with Crippen molar-refractivity contribution in [1.29, 1.82) is 0 Å². The highest BCUT2D eigenvalue weighted by molar-refractivity contribution is 7.13. The number of rotatable bonds is 7. The van der Waals surface area contributed by atoms with Crippen LogP contribution < -0.4 is 4.90 Å². The smallest absolute Gasteiger partial charge is 0.227 e. The first kappa shape index (κ1) is 18.1. The van der Waals surface area contributed by atoms with E-state index in [1.165, 1.54) is 0 Å². The Morgan fingerprint density at radius 1 is 1.15 bits per heavy atom. The number of aromatic nitrogens is 2. The fourth-order valence-corrected chi connectivity index (χ4v) is 3.18. The van der Waals surface area contributed by atoms with Crippen LogP contribution >= 0.6 is 11.3 Å². The van der Waals surface area contributed by atoms with E-state index in [9.17, 15) is 4.79 Å². The van der Waals surface area contributed by atoms with Gasteiger partial charge >= 0.3 is 0 Å². The van der Waals surface area contributed by atoms with Gasteiger partial charge in [0.1, 0.15) is 0 Å². The Labute approximate surface area is 157 Å². The Kier molecular flexibility index (Phi) is 5.68. The second kappa shape index (κ2) is 8.14. The van der Waals surface area contributed by atoms with Gasteiger partial charge in [0.2, 0.25) is 17.6 Å². The van der Waals surface area contributed by atoms with E-state index in [0.29, 0.717) is 31.1 Å². The SMILES string of the molecule is CN(Cc1ccc(N(C)C)cc1)C(=O)CCc1nc(-c2cccs2)no1. The van der Waals surface area contributed by atoms with Crippen molar-refractivity contribution in [2.24, 2.45) is 0 Å². The van der Waals surface area contributed by atoms with Gasteiger partial charge in [0, 0.05) is 46.2 Å². The summed E-state index contributed by atoms with van der Waals surface area (Å²) >= 11 is 1.56. The Hall–Kier alpha value is -2.67. The first-order valence-electron chi connectivity index (χ1n) is 8.39. The van der Waals surface area contributed by atoms with Crippen LogP contribution in [0.2, 0.25) is 0 Å². The third kappa shape index (κ3) is 4.49. The summed E-state index contributed by atoms with van der Waals surface area (Å²) in [4.78, 5) is 21.4. The zero-order chi connectivity index (χ0) is 18.5. The normalized spacial score (nSPS) is 10.7. The van der Waals surface area contributed by atoms with Crippen molar-refractivity contribution < 1.29 is 9.32 Å². The number of anilines is 1. The standard InChI is InChI=1S/C19H22N4O2S/c1-22(2)15-8-6-14(7-9-15)13-23(3)18(24)11-10-17-20-19(21-25-17)16-5-4-12-26-16/h4-9,12H,10-11,13H2,1-3H3. The molecule has 0 aliphatic carbocycles. The van der Waals surface area contributed by atoms with Crippen molar-refractivity contribution in [3.8, 4) is 10.7 Å². The third-order valence-electron chi connectivity index (χ3n) is 4.06. The number of nitrogens with zero attached hydrogens (tertiary/aromatic N) is 4. The molecule has 0 radical (unpaired) electrons. The molecule has 0 atom stereocenters. The molecule has 3 aromatic rings. The molecule has 0 aliphatic heterocycles. The fourth-order valence-electron chi connectivity index (χ4n) is 2.53. The Morgan fingerprint density at radius 2 is 1.92 bits per heavy atom. The quantitative estimate of drug-likeness (QED) is 0.637. The first-order valence-corrected chi connectivity index (χ1v) is 9.27. The van der Waals surface area contributed by atoms with E-state index in [2.05, 4.69) is 22.3 Å². The van der Waals surface area contributed by atoms with E-state index in [0.717, 1.165) is 16.1 Å². The van der Waals surface area contributed by atoms with Crippen LogP contribution in [0.3, 0.4) is 0 Å². The van der Waals surface area contributed by atoms with E-state index in [-0.39, 0.29) is 5.91 Å². The van der Waals surface area contributed by atoms with Crippen molar-refractivity contribution in [2.75, 3.05) is 26.0 Å². The van der Waals surface area contributed by atoms with Crippen molar-refractivity contribution in [3.63, 3.8) is 0 Å². The fraction of sp³-hybridized carbons (Fsp3) is 0.316. The number of hydrogen-bond acceptors (Lipinski definition) is 6. The van der Waals surface area contributed by atoms with Crippen LogP contribution in [0, 0.1) is 0 Å². The summed E-state index contributed by atoms with van der Waals surface area (Å²) < 4.78 is 5.24. The maximum atomic E-state index is 12.4. The van der Waals surface area contributed by atoms with E-state index in [1.807, 2.05) is 55.7 Å². The summed E-state index contributed by atoms with van der Waals surface area (Å²) in [5.74, 6) is 1.12. The molecule has 0 saturated heterocycles. The number of hydrogen-bond donors (Lipinski definition) is 0. The zero-order valence-corrected chi connectivity index (χ0v) is 16.0. The molecule has 1 aromatic carbocycles. The van der Waals surface area contributed by atoms with Gasteiger partial charge in [-0.25, -0.2) is 0 Å². The second-order valence-electron chi connectivity index (χ2n) is 6.30. The Bertz CT molecular complexity index is 841. The molecule has 7 heteroatoms. The molecular formula is C19H22N4O2S. The molecule has 2 aromatic heterocycles. The molecule has 136 valence electrons. The van der Waals surface area contributed by atoms with Crippen molar-refractivity contribution >= 4 is 22.9 Å². The summed E-state index contributed by atoms with van der Waals surface area (Å²) in [5.41, 5.74) is 2.24. The topological polar surface area (TPSA) is 62.5 Å². The molecule has 6 nitrogen and oxygen atoms in total. The van der Waals surface area contributed by atoms with Gasteiger partial charge in [-0.15, -0.1) is 11.3 Å². The lowest BCUT2D eigenvalue weighted by molar-refractivity contribution is -0.130. The molecule has 1 amide bonds. The number of carbonyl (C=O) groups excluding carboxylic acids is 1. The minimum atomic E-state index is 0.0533. The maximum Gasteiger partial charge on any atom is 0.227 e. The lowest BCUT2D eigenvalue weighted by atomic mass is 10.2. The molecule has 0 spiro atoms.